The molecule has 4 rings (SSSR count). The molecule has 8 heteroatoms. The van der Waals surface area contributed by atoms with Gasteiger partial charge in [0.25, 0.3) is 5.56 Å². The summed E-state index contributed by atoms with van der Waals surface area (Å²) < 4.78 is 27.7. The molecule has 5 nitrogen and oxygen atoms in total. The van der Waals surface area contributed by atoms with Gasteiger partial charge in [-0.05, 0) is 35.4 Å². The lowest BCUT2D eigenvalue weighted by atomic mass is 10.1. The third-order valence-corrected chi connectivity index (χ3v) is 5.38. The Bertz CT molecular complexity index is 1230. The molecule has 4 aromatic rings. The van der Waals surface area contributed by atoms with Gasteiger partial charge in [-0.15, -0.1) is 11.3 Å². The number of thiophene rings is 1. The summed E-state index contributed by atoms with van der Waals surface area (Å²) in [7, 11) is 0. The SMILES string of the molecule is O=C(Cn1cnc2c(-c3ccc(F)cc3)csc2c1=O)NCc1ccc(F)cc1. The van der Waals surface area contributed by atoms with Gasteiger partial charge in [0.1, 0.15) is 22.9 Å². The fourth-order valence-corrected chi connectivity index (χ4v) is 3.88. The minimum absolute atomic E-state index is 0.174. The summed E-state index contributed by atoms with van der Waals surface area (Å²) >= 11 is 1.24. The quantitative estimate of drug-likeness (QED) is 0.544. The lowest BCUT2D eigenvalue weighted by molar-refractivity contribution is -0.121. The molecule has 0 spiro atoms. The van der Waals surface area contributed by atoms with Crippen LogP contribution in [0.5, 0.6) is 0 Å². The molecule has 2 heterocycles. The largest absolute Gasteiger partial charge is 0.350 e. The van der Waals surface area contributed by atoms with Gasteiger partial charge in [-0.3, -0.25) is 14.2 Å². The van der Waals surface area contributed by atoms with E-state index in [1.54, 1.807) is 29.6 Å². The van der Waals surface area contributed by atoms with Gasteiger partial charge in [-0.2, -0.15) is 0 Å². The van der Waals surface area contributed by atoms with Gasteiger partial charge in [-0.25, -0.2) is 13.8 Å². The Kier molecular flexibility index (Phi) is 5.18. The van der Waals surface area contributed by atoms with Crippen molar-refractivity contribution in [3.05, 3.63) is 87.8 Å². The third-order valence-electron chi connectivity index (χ3n) is 4.42. The van der Waals surface area contributed by atoms with E-state index in [0.29, 0.717) is 10.2 Å². The minimum Gasteiger partial charge on any atom is -0.350 e. The first-order valence-corrected chi connectivity index (χ1v) is 9.63. The van der Waals surface area contributed by atoms with Crippen LogP contribution in [-0.2, 0) is 17.9 Å². The molecule has 0 radical (unpaired) electrons. The average molecular weight is 411 g/mol. The number of carbonyl (C=O) groups is 1. The van der Waals surface area contributed by atoms with Crippen molar-refractivity contribution in [1.29, 1.82) is 0 Å². The zero-order valence-corrected chi connectivity index (χ0v) is 15.9. The molecular formula is C21H15F2N3O2S. The smallest absolute Gasteiger partial charge is 0.271 e. The van der Waals surface area contributed by atoms with Crippen molar-refractivity contribution in [3.63, 3.8) is 0 Å². The highest BCUT2D eigenvalue weighted by Crippen LogP contribution is 2.30. The normalized spacial score (nSPS) is 11.0. The lowest BCUT2D eigenvalue weighted by Crippen LogP contribution is -2.31. The van der Waals surface area contributed by atoms with Gasteiger partial charge in [0.15, 0.2) is 0 Å². The molecule has 0 saturated carbocycles. The van der Waals surface area contributed by atoms with E-state index in [4.69, 9.17) is 0 Å². The van der Waals surface area contributed by atoms with Crippen molar-refractivity contribution in [3.8, 4) is 11.1 Å². The number of aromatic nitrogens is 2. The number of nitrogens with one attached hydrogen (secondary N) is 1. The molecule has 146 valence electrons. The molecule has 0 aliphatic heterocycles. The number of carbonyl (C=O) groups excluding carboxylic acids is 1. The van der Waals surface area contributed by atoms with Gasteiger partial charge in [0, 0.05) is 17.5 Å². The van der Waals surface area contributed by atoms with Crippen LogP contribution in [-0.4, -0.2) is 15.5 Å². The zero-order valence-electron chi connectivity index (χ0n) is 15.1. The van der Waals surface area contributed by atoms with Crippen LogP contribution in [0, 0.1) is 11.6 Å². The highest BCUT2D eigenvalue weighted by atomic mass is 32.1. The predicted molar refractivity (Wildman–Crippen MR) is 108 cm³/mol. The molecule has 0 unspecified atom stereocenters. The number of fused-ring (bicyclic) bond motifs is 1. The standard InChI is InChI=1S/C21H15F2N3O2S/c22-15-5-1-13(2-6-15)9-24-18(27)10-26-12-25-19-17(11-29-20(19)21(26)28)14-3-7-16(23)8-4-14/h1-8,11-12H,9-10H2,(H,24,27). The molecule has 0 fully saturated rings. The molecule has 2 aromatic carbocycles. The van der Waals surface area contributed by atoms with Crippen LogP contribution in [0.3, 0.4) is 0 Å². The minimum atomic E-state index is -0.354. The van der Waals surface area contributed by atoms with Crippen molar-refractivity contribution in [2.45, 2.75) is 13.1 Å². The van der Waals surface area contributed by atoms with Gasteiger partial charge < -0.3 is 5.32 Å². The number of benzene rings is 2. The molecule has 0 bridgehead atoms. The first-order valence-electron chi connectivity index (χ1n) is 8.75. The molecule has 0 aliphatic rings. The van der Waals surface area contributed by atoms with E-state index in [9.17, 15) is 18.4 Å². The van der Waals surface area contributed by atoms with Crippen LogP contribution in [0.4, 0.5) is 8.78 Å². The summed E-state index contributed by atoms with van der Waals surface area (Å²) in [5, 5.41) is 4.49. The van der Waals surface area contributed by atoms with Gasteiger partial charge in [0.05, 0.1) is 11.8 Å². The summed E-state index contributed by atoms with van der Waals surface area (Å²) in [5.74, 6) is -1.04. The molecule has 2 aromatic heterocycles. The summed E-state index contributed by atoms with van der Waals surface area (Å²) in [6, 6.07) is 11.8. The highest BCUT2D eigenvalue weighted by molar-refractivity contribution is 7.17. The van der Waals surface area contributed by atoms with Crippen molar-refractivity contribution in [2.75, 3.05) is 0 Å². The molecule has 29 heavy (non-hydrogen) atoms. The number of hydrogen-bond acceptors (Lipinski definition) is 4. The Labute approximate surface area is 168 Å². The van der Waals surface area contributed by atoms with E-state index >= 15 is 0 Å². The number of hydrogen-bond donors (Lipinski definition) is 1. The second kappa shape index (κ2) is 7.92. The Hall–Kier alpha value is -3.39. The fraction of sp³-hybridized carbons (Fsp3) is 0.0952. The summed E-state index contributed by atoms with van der Waals surface area (Å²) in [6.45, 7) is 0.0595. The van der Waals surface area contributed by atoms with Crippen LogP contribution in [0.1, 0.15) is 5.56 Å². The first kappa shape index (κ1) is 18.9. The fourth-order valence-electron chi connectivity index (χ4n) is 2.90. The first-order chi connectivity index (χ1) is 14.0. The number of halogens is 2. The van der Waals surface area contributed by atoms with E-state index in [-0.39, 0.29) is 36.2 Å². The van der Waals surface area contributed by atoms with Crippen LogP contribution < -0.4 is 10.9 Å². The van der Waals surface area contributed by atoms with Crippen LogP contribution in [0.2, 0.25) is 0 Å². The highest BCUT2D eigenvalue weighted by Gasteiger charge is 2.14. The van der Waals surface area contributed by atoms with E-state index in [2.05, 4.69) is 10.3 Å². The monoisotopic (exact) mass is 411 g/mol. The Morgan fingerprint density at radius 1 is 1.03 bits per heavy atom. The number of rotatable bonds is 5. The van der Waals surface area contributed by atoms with Crippen LogP contribution >= 0.6 is 11.3 Å². The summed E-state index contributed by atoms with van der Waals surface area (Å²) in [5.41, 5.74) is 2.47. The number of nitrogens with zero attached hydrogens (tertiary/aromatic N) is 2. The van der Waals surface area contributed by atoms with E-state index in [1.807, 2.05) is 0 Å². The van der Waals surface area contributed by atoms with Crippen LogP contribution in [0.15, 0.2) is 65.0 Å². The van der Waals surface area contributed by atoms with Crippen molar-refractivity contribution < 1.29 is 13.6 Å². The molecule has 0 aliphatic carbocycles. The van der Waals surface area contributed by atoms with E-state index in [1.165, 1.54) is 46.5 Å². The average Bonchev–Trinajstić information content (AvgIpc) is 3.15. The summed E-state index contributed by atoms with van der Waals surface area (Å²) in [4.78, 5) is 29.3. The van der Waals surface area contributed by atoms with Gasteiger partial charge >= 0.3 is 0 Å². The summed E-state index contributed by atoms with van der Waals surface area (Å²) in [6.07, 6.45) is 1.34. The van der Waals surface area contributed by atoms with Gasteiger partial charge in [0.2, 0.25) is 5.91 Å². The maximum absolute atomic E-state index is 13.1. The van der Waals surface area contributed by atoms with Crippen molar-refractivity contribution in [2.24, 2.45) is 0 Å². The molecular weight excluding hydrogens is 396 g/mol. The molecule has 0 atom stereocenters. The second-order valence-electron chi connectivity index (χ2n) is 6.41. The second-order valence-corrected chi connectivity index (χ2v) is 7.29. The maximum atomic E-state index is 13.1. The number of amides is 1. The Morgan fingerprint density at radius 3 is 2.38 bits per heavy atom. The van der Waals surface area contributed by atoms with Crippen molar-refractivity contribution in [1.82, 2.24) is 14.9 Å². The van der Waals surface area contributed by atoms with E-state index < -0.39 is 0 Å². The Balaban J connectivity index is 1.52. The Morgan fingerprint density at radius 2 is 1.69 bits per heavy atom. The zero-order chi connectivity index (χ0) is 20.4. The maximum Gasteiger partial charge on any atom is 0.271 e. The van der Waals surface area contributed by atoms with Crippen LogP contribution in [0.25, 0.3) is 21.3 Å². The molecule has 0 saturated heterocycles. The third kappa shape index (κ3) is 4.07. The topological polar surface area (TPSA) is 64.0 Å². The van der Waals surface area contributed by atoms with Gasteiger partial charge in [-0.1, -0.05) is 24.3 Å². The van der Waals surface area contributed by atoms with E-state index in [0.717, 1.165) is 16.7 Å². The lowest BCUT2D eigenvalue weighted by Gasteiger charge is -2.08. The molecule has 1 N–H and O–H groups in total. The molecule has 1 amide bonds. The van der Waals surface area contributed by atoms with Crippen molar-refractivity contribution >= 4 is 27.5 Å². The predicted octanol–water partition coefficient (Wildman–Crippen LogP) is 3.72.